The number of rotatable bonds is 6. The molecule has 0 aliphatic carbocycles. The summed E-state index contributed by atoms with van der Waals surface area (Å²) in [6.07, 6.45) is -1.75. The zero-order valence-corrected chi connectivity index (χ0v) is 23.5. The minimum absolute atomic E-state index is 0.136. The first-order valence-corrected chi connectivity index (χ1v) is 14.1. The van der Waals surface area contributed by atoms with Gasteiger partial charge in [-0.3, -0.25) is 4.90 Å². The third-order valence-electron chi connectivity index (χ3n) is 7.63. The molecular weight excluding hydrogens is 579 g/mol. The lowest BCUT2D eigenvalue weighted by molar-refractivity contribution is -0.192. The van der Waals surface area contributed by atoms with Crippen LogP contribution in [0.4, 0.5) is 13.2 Å². The van der Waals surface area contributed by atoms with Crippen LogP contribution in [0, 0.1) is 0 Å². The Morgan fingerprint density at radius 3 is 2.27 bits per heavy atom. The van der Waals surface area contributed by atoms with Crippen LogP contribution in [0.3, 0.4) is 0 Å². The molecule has 0 amide bonds. The fraction of sp³-hybridized carbons (Fsp3) is 0.273. The van der Waals surface area contributed by atoms with Gasteiger partial charge in [0, 0.05) is 17.7 Å². The minimum Gasteiger partial charge on any atom is -0.508 e. The smallest absolute Gasteiger partial charge is 0.490 e. The first-order chi connectivity index (χ1) is 21.0. The minimum atomic E-state index is -5.08. The van der Waals surface area contributed by atoms with E-state index in [0.717, 1.165) is 58.4 Å². The molecule has 11 heteroatoms. The van der Waals surface area contributed by atoms with E-state index in [0.29, 0.717) is 12.4 Å². The predicted octanol–water partition coefficient (Wildman–Crippen LogP) is 6.89. The number of phenols is 1. The quantitative estimate of drug-likeness (QED) is 0.216. The van der Waals surface area contributed by atoms with E-state index in [4.69, 9.17) is 19.4 Å². The molecule has 1 atom stereocenters. The van der Waals surface area contributed by atoms with Crippen LogP contribution in [-0.4, -0.2) is 64.6 Å². The molecule has 1 unspecified atom stereocenters. The molecule has 0 saturated carbocycles. The maximum absolute atomic E-state index is 12.0. The van der Waals surface area contributed by atoms with E-state index in [1.54, 1.807) is 24.3 Å². The van der Waals surface area contributed by atoms with Gasteiger partial charge >= 0.3 is 18.1 Å². The molecule has 4 aromatic rings. The Balaban J connectivity index is 0.000000493. The van der Waals surface area contributed by atoms with Gasteiger partial charge in [-0.2, -0.15) is 13.2 Å². The summed E-state index contributed by atoms with van der Waals surface area (Å²) in [5, 5.41) is 28.8. The van der Waals surface area contributed by atoms with Crippen LogP contribution < -0.4 is 9.47 Å². The molecule has 2 aliphatic heterocycles. The number of piperidine rings is 1. The molecule has 2 heterocycles. The van der Waals surface area contributed by atoms with E-state index in [2.05, 4.69) is 4.90 Å². The molecule has 3 N–H and O–H groups in total. The number of hydrogen-bond donors (Lipinski definition) is 3. The Bertz CT molecular complexity index is 1670. The normalized spacial score (nSPS) is 16.1. The van der Waals surface area contributed by atoms with Crippen molar-refractivity contribution in [1.29, 1.82) is 0 Å². The molecule has 4 aromatic carbocycles. The number of ether oxygens (including phenoxy) is 2. The number of phenolic OH excluding ortho intramolecular Hbond substituents is 1. The second kappa shape index (κ2) is 12.8. The fourth-order valence-electron chi connectivity index (χ4n) is 5.53. The van der Waals surface area contributed by atoms with Crippen molar-refractivity contribution in [3.8, 4) is 28.4 Å². The van der Waals surface area contributed by atoms with Gasteiger partial charge in [0.25, 0.3) is 0 Å². The number of fused-ring (bicyclic) bond motifs is 5. The maximum atomic E-state index is 12.0. The van der Waals surface area contributed by atoms with Crippen molar-refractivity contribution >= 4 is 22.7 Å². The van der Waals surface area contributed by atoms with Crippen molar-refractivity contribution in [3.63, 3.8) is 0 Å². The first kappa shape index (κ1) is 30.7. The highest BCUT2D eigenvalue weighted by Crippen LogP contribution is 2.49. The lowest BCUT2D eigenvalue weighted by Gasteiger charge is -2.31. The van der Waals surface area contributed by atoms with E-state index in [1.807, 2.05) is 48.5 Å². The van der Waals surface area contributed by atoms with Crippen molar-refractivity contribution in [3.05, 3.63) is 89.5 Å². The molecule has 230 valence electrons. The summed E-state index contributed by atoms with van der Waals surface area (Å²) in [6.45, 7) is 3.86. The van der Waals surface area contributed by atoms with Gasteiger partial charge in [-0.15, -0.1) is 0 Å². The Hall–Kier alpha value is -4.77. The number of aromatic hydroxyl groups is 1. The third-order valence-corrected chi connectivity index (χ3v) is 7.63. The third kappa shape index (κ3) is 6.73. The zero-order chi connectivity index (χ0) is 31.4. The van der Waals surface area contributed by atoms with E-state index in [1.165, 1.54) is 19.3 Å². The number of carbonyl (C=O) groups is 2. The molecule has 6 rings (SSSR count). The highest BCUT2D eigenvalue weighted by atomic mass is 19.4. The van der Waals surface area contributed by atoms with Gasteiger partial charge < -0.3 is 24.8 Å². The van der Waals surface area contributed by atoms with Gasteiger partial charge in [-0.25, -0.2) is 9.59 Å². The second-order valence-corrected chi connectivity index (χ2v) is 10.5. The van der Waals surface area contributed by atoms with Crippen molar-refractivity contribution in [2.24, 2.45) is 0 Å². The Morgan fingerprint density at radius 2 is 1.61 bits per heavy atom. The van der Waals surface area contributed by atoms with Crippen LogP contribution >= 0.6 is 0 Å². The number of para-hydroxylation sites is 1. The number of aromatic carboxylic acids is 1. The van der Waals surface area contributed by atoms with Gasteiger partial charge in [0.15, 0.2) is 6.10 Å². The molecule has 1 fully saturated rings. The van der Waals surface area contributed by atoms with Gasteiger partial charge in [-0.1, -0.05) is 48.9 Å². The van der Waals surface area contributed by atoms with Crippen LogP contribution in [0.15, 0.2) is 72.8 Å². The number of halogens is 3. The standard InChI is InChI=1S/C31H29NO5.C2HF3O2/c33-22-10-14-24-21(19-22)9-13-25-26-5-4-6-27(31(34)35)30(26)37-29(28(24)25)20-7-11-23(12-8-20)36-18-17-32-15-2-1-3-16-32;3-2(4,5)1(6)7/h4-14,19,29,33H,1-3,15-18H2,(H,34,35);(H,6,7). The van der Waals surface area contributed by atoms with Crippen LogP contribution in [0.5, 0.6) is 17.2 Å². The Morgan fingerprint density at radius 1 is 0.909 bits per heavy atom. The Labute approximate surface area is 250 Å². The molecule has 44 heavy (non-hydrogen) atoms. The van der Waals surface area contributed by atoms with Crippen molar-refractivity contribution in [2.45, 2.75) is 31.5 Å². The molecule has 8 nitrogen and oxygen atoms in total. The number of carboxylic acids is 2. The monoisotopic (exact) mass is 609 g/mol. The summed E-state index contributed by atoms with van der Waals surface area (Å²) in [6, 6.07) is 22.3. The average Bonchev–Trinajstić information content (AvgIpc) is 3.00. The van der Waals surface area contributed by atoms with Gasteiger partial charge in [0.1, 0.15) is 29.4 Å². The molecule has 1 saturated heterocycles. The van der Waals surface area contributed by atoms with E-state index < -0.39 is 24.2 Å². The molecule has 0 radical (unpaired) electrons. The van der Waals surface area contributed by atoms with Gasteiger partial charge in [-0.05, 0) is 78.2 Å². The molecule has 0 spiro atoms. The summed E-state index contributed by atoms with van der Waals surface area (Å²) in [5.41, 5.74) is 3.66. The topological polar surface area (TPSA) is 117 Å². The maximum Gasteiger partial charge on any atom is 0.490 e. The first-order valence-electron chi connectivity index (χ1n) is 14.1. The summed E-state index contributed by atoms with van der Waals surface area (Å²) < 4.78 is 44.2. The molecule has 0 aromatic heterocycles. The lowest BCUT2D eigenvalue weighted by atomic mass is 9.85. The Kier molecular flexibility index (Phi) is 8.96. The summed E-state index contributed by atoms with van der Waals surface area (Å²) in [7, 11) is 0. The van der Waals surface area contributed by atoms with Crippen LogP contribution in [0.25, 0.3) is 21.9 Å². The SMILES string of the molecule is O=C(O)C(F)(F)F.O=C(O)c1cccc2c1OC(c1ccc(OCCN3CCCCC3)cc1)c1c-2ccc2cc(O)ccc12. The number of hydrogen-bond acceptors (Lipinski definition) is 6. The van der Waals surface area contributed by atoms with E-state index in [-0.39, 0.29) is 11.3 Å². The van der Waals surface area contributed by atoms with Gasteiger partial charge in [0.05, 0.1) is 0 Å². The number of nitrogens with zero attached hydrogens (tertiary/aromatic N) is 1. The van der Waals surface area contributed by atoms with Crippen LogP contribution in [0.1, 0.15) is 46.9 Å². The van der Waals surface area contributed by atoms with E-state index >= 15 is 0 Å². The second-order valence-electron chi connectivity index (χ2n) is 10.5. The van der Waals surface area contributed by atoms with Crippen molar-refractivity contribution in [1.82, 2.24) is 4.90 Å². The highest BCUT2D eigenvalue weighted by Gasteiger charge is 2.38. The summed E-state index contributed by atoms with van der Waals surface area (Å²) in [5.74, 6) is -2.42. The molecule has 2 aliphatic rings. The summed E-state index contributed by atoms with van der Waals surface area (Å²) >= 11 is 0. The molecular formula is C33H30F3NO7. The largest absolute Gasteiger partial charge is 0.508 e. The van der Waals surface area contributed by atoms with Gasteiger partial charge in [0.2, 0.25) is 0 Å². The predicted molar refractivity (Wildman–Crippen MR) is 156 cm³/mol. The number of alkyl halides is 3. The number of benzene rings is 4. The van der Waals surface area contributed by atoms with Crippen LogP contribution in [-0.2, 0) is 4.79 Å². The number of likely N-dealkylation sites (tertiary alicyclic amines) is 1. The molecule has 0 bridgehead atoms. The number of carboxylic acid groups (broad SMARTS) is 2. The van der Waals surface area contributed by atoms with Crippen molar-refractivity contribution < 1.29 is 47.6 Å². The summed E-state index contributed by atoms with van der Waals surface area (Å²) in [4.78, 5) is 23.4. The average molecular weight is 610 g/mol. The zero-order valence-electron chi connectivity index (χ0n) is 23.5. The fourth-order valence-corrected chi connectivity index (χ4v) is 5.53. The van der Waals surface area contributed by atoms with Crippen molar-refractivity contribution in [2.75, 3.05) is 26.2 Å². The highest BCUT2D eigenvalue weighted by molar-refractivity contribution is 5.99. The van der Waals surface area contributed by atoms with E-state index in [9.17, 15) is 28.2 Å². The lowest BCUT2D eigenvalue weighted by Crippen LogP contribution is -2.33. The number of aliphatic carboxylic acids is 1. The van der Waals surface area contributed by atoms with Crippen LogP contribution in [0.2, 0.25) is 0 Å².